The molecule has 0 amide bonds. The SMILES string of the molecule is O=C1c2ccccc2C(=O)c2c(F)c(Nc3c(Cl)c(Cl)cc(Cl)c3Cl)cc(F)c21. The van der Waals surface area contributed by atoms with E-state index in [1.54, 1.807) is 0 Å². The molecule has 0 fully saturated rings. The van der Waals surface area contributed by atoms with Crippen molar-refractivity contribution in [3.63, 3.8) is 0 Å². The van der Waals surface area contributed by atoms with Crippen molar-refractivity contribution < 1.29 is 18.4 Å². The van der Waals surface area contributed by atoms with Gasteiger partial charge in [-0.15, -0.1) is 0 Å². The lowest BCUT2D eigenvalue weighted by Gasteiger charge is -2.21. The average Bonchev–Trinajstić information content (AvgIpc) is 2.70. The molecule has 0 spiro atoms. The third kappa shape index (κ3) is 3.09. The molecule has 9 heteroatoms. The van der Waals surface area contributed by atoms with Gasteiger partial charge in [-0.1, -0.05) is 70.7 Å². The maximum atomic E-state index is 15.2. The van der Waals surface area contributed by atoms with Crippen LogP contribution < -0.4 is 5.32 Å². The van der Waals surface area contributed by atoms with Crippen molar-refractivity contribution in [2.75, 3.05) is 5.32 Å². The second-order valence-electron chi connectivity index (χ2n) is 6.14. The Morgan fingerprint density at radius 3 is 1.83 bits per heavy atom. The van der Waals surface area contributed by atoms with E-state index in [0.29, 0.717) is 0 Å². The molecule has 0 radical (unpaired) electrons. The predicted molar refractivity (Wildman–Crippen MR) is 109 cm³/mol. The largest absolute Gasteiger partial charge is 0.351 e. The minimum Gasteiger partial charge on any atom is -0.351 e. The molecule has 3 nitrogen and oxygen atoms in total. The fraction of sp³-hybridized carbons (Fsp3) is 0. The number of benzene rings is 3. The van der Waals surface area contributed by atoms with Crippen molar-refractivity contribution in [1.82, 2.24) is 0 Å². The molecule has 1 aliphatic rings. The minimum atomic E-state index is -1.13. The normalized spacial score (nSPS) is 12.6. The Labute approximate surface area is 183 Å². The molecule has 0 atom stereocenters. The van der Waals surface area contributed by atoms with Gasteiger partial charge < -0.3 is 5.32 Å². The summed E-state index contributed by atoms with van der Waals surface area (Å²) in [7, 11) is 0. The number of carbonyl (C=O) groups excluding carboxylic acids is 2. The first-order valence-electron chi connectivity index (χ1n) is 8.02. The standard InChI is InChI=1S/C20H7Cl4F2NO2/c21-9-5-10(22)16(24)18(15(9)23)27-12-6-11(25)13-14(17(12)26)20(29)8-4-2-1-3-7(8)19(13)28/h1-6,27H. The number of rotatable bonds is 2. The molecule has 3 aromatic carbocycles. The predicted octanol–water partition coefficient (Wildman–Crippen LogP) is 7.10. The van der Waals surface area contributed by atoms with Crippen LogP contribution in [0.5, 0.6) is 0 Å². The van der Waals surface area contributed by atoms with Crippen LogP contribution in [0.4, 0.5) is 20.2 Å². The molecule has 0 aromatic heterocycles. The lowest BCUT2D eigenvalue weighted by Crippen LogP contribution is -2.24. The van der Waals surface area contributed by atoms with E-state index >= 15 is 4.39 Å². The van der Waals surface area contributed by atoms with E-state index in [0.717, 1.165) is 6.07 Å². The molecule has 4 rings (SSSR count). The monoisotopic (exact) mass is 471 g/mol. The third-order valence-corrected chi connectivity index (χ3v) is 6.03. The van der Waals surface area contributed by atoms with Crippen molar-refractivity contribution in [3.8, 4) is 0 Å². The molecule has 0 heterocycles. The highest BCUT2D eigenvalue weighted by atomic mass is 35.5. The summed E-state index contributed by atoms with van der Waals surface area (Å²) in [6.45, 7) is 0. The molecular formula is C20H7Cl4F2NO2. The van der Waals surface area contributed by atoms with Gasteiger partial charge in [0.05, 0.1) is 42.6 Å². The zero-order chi connectivity index (χ0) is 21.0. The molecule has 29 heavy (non-hydrogen) atoms. The molecular weight excluding hydrogens is 466 g/mol. The van der Waals surface area contributed by atoms with Gasteiger partial charge in [-0.05, 0) is 6.07 Å². The summed E-state index contributed by atoms with van der Waals surface area (Å²) in [4.78, 5) is 25.4. The van der Waals surface area contributed by atoms with Crippen molar-refractivity contribution in [2.45, 2.75) is 0 Å². The Morgan fingerprint density at radius 1 is 0.759 bits per heavy atom. The summed E-state index contributed by atoms with van der Waals surface area (Å²) in [5, 5.41) is 2.43. The highest BCUT2D eigenvalue weighted by molar-refractivity contribution is 6.50. The summed E-state index contributed by atoms with van der Waals surface area (Å²) < 4.78 is 30.0. The number of nitrogens with one attached hydrogen (secondary N) is 1. The van der Waals surface area contributed by atoms with E-state index in [1.165, 1.54) is 30.3 Å². The summed E-state index contributed by atoms with van der Waals surface area (Å²) >= 11 is 24.1. The average molecular weight is 473 g/mol. The Balaban J connectivity index is 1.92. The van der Waals surface area contributed by atoms with Crippen LogP contribution in [0, 0.1) is 11.6 Å². The maximum absolute atomic E-state index is 15.2. The van der Waals surface area contributed by atoms with Gasteiger partial charge in [0.15, 0.2) is 17.4 Å². The van der Waals surface area contributed by atoms with Crippen LogP contribution in [0.1, 0.15) is 31.8 Å². The van der Waals surface area contributed by atoms with E-state index in [4.69, 9.17) is 46.4 Å². The number of fused-ring (bicyclic) bond motifs is 2. The molecule has 0 aliphatic heterocycles. The Bertz CT molecular complexity index is 1220. The highest BCUT2D eigenvalue weighted by Gasteiger charge is 2.36. The second-order valence-corrected chi connectivity index (χ2v) is 7.71. The fourth-order valence-electron chi connectivity index (χ4n) is 3.12. The van der Waals surface area contributed by atoms with Gasteiger partial charge in [-0.3, -0.25) is 9.59 Å². The van der Waals surface area contributed by atoms with Crippen LogP contribution in [-0.4, -0.2) is 11.6 Å². The van der Waals surface area contributed by atoms with Crippen LogP contribution in [-0.2, 0) is 0 Å². The van der Waals surface area contributed by atoms with E-state index in [9.17, 15) is 14.0 Å². The maximum Gasteiger partial charge on any atom is 0.197 e. The zero-order valence-corrected chi connectivity index (χ0v) is 17.1. The Hall–Kier alpha value is -2.18. The summed E-state index contributed by atoms with van der Waals surface area (Å²) in [5.74, 6) is -3.79. The quantitative estimate of drug-likeness (QED) is 0.316. The molecule has 1 aliphatic carbocycles. The Kier molecular flexibility index (Phi) is 5.03. The second kappa shape index (κ2) is 7.26. The number of halogens is 6. The fourth-order valence-corrected chi connectivity index (χ4v) is 4.02. The lowest BCUT2D eigenvalue weighted by atomic mass is 9.83. The van der Waals surface area contributed by atoms with E-state index in [1.807, 2.05) is 0 Å². The molecule has 3 aromatic rings. The third-order valence-electron chi connectivity index (χ3n) is 4.46. The molecule has 0 bridgehead atoms. The molecule has 146 valence electrons. The van der Waals surface area contributed by atoms with E-state index in [-0.39, 0.29) is 36.9 Å². The van der Waals surface area contributed by atoms with Gasteiger partial charge in [0.25, 0.3) is 0 Å². The number of carbonyl (C=O) groups is 2. The molecule has 0 unspecified atom stereocenters. The summed E-state index contributed by atoms with van der Waals surface area (Å²) in [6, 6.07) is 7.86. The van der Waals surface area contributed by atoms with Gasteiger partial charge in [0, 0.05) is 17.2 Å². The smallest absolute Gasteiger partial charge is 0.197 e. The van der Waals surface area contributed by atoms with E-state index < -0.39 is 40.0 Å². The van der Waals surface area contributed by atoms with Crippen molar-refractivity contribution in [2.24, 2.45) is 0 Å². The van der Waals surface area contributed by atoms with Crippen molar-refractivity contribution >= 4 is 69.3 Å². The van der Waals surface area contributed by atoms with Crippen molar-refractivity contribution in [1.29, 1.82) is 0 Å². The summed E-state index contributed by atoms with van der Waals surface area (Å²) in [6.07, 6.45) is 0. The van der Waals surface area contributed by atoms with Gasteiger partial charge in [-0.2, -0.15) is 0 Å². The number of ketones is 2. The van der Waals surface area contributed by atoms with Crippen LogP contribution in [0.3, 0.4) is 0 Å². The van der Waals surface area contributed by atoms with E-state index in [2.05, 4.69) is 5.32 Å². The minimum absolute atomic E-state index is 0.0109. The van der Waals surface area contributed by atoms with Crippen LogP contribution in [0.15, 0.2) is 36.4 Å². The topological polar surface area (TPSA) is 46.2 Å². The van der Waals surface area contributed by atoms with Gasteiger partial charge in [0.2, 0.25) is 0 Å². The van der Waals surface area contributed by atoms with Crippen LogP contribution in [0.25, 0.3) is 0 Å². The highest BCUT2D eigenvalue weighted by Crippen LogP contribution is 2.43. The molecule has 1 N–H and O–H groups in total. The number of hydrogen-bond acceptors (Lipinski definition) is 3. The Morgan fingerprint density at radius 2 is 1.28 bits per heavy atom. The zero-order valence-electron chi connectivity index (χ0n) is 14.0. The first-order chi connectivity index (χ1) is 13.7. The van der Waals surface area contributed by atoms with Crippen LogP contribution >= 0.6 is 46.4 Å². The number of hydrogen-bond donors (Lipinski definition) is 1. The first-order valence-corrected chi connectivity index (χ1v) is 9.54. The number of anilines is 2. The van der Waals surface area contributed by atoms with Gasteiger partial charge in [-0.25, -0.2) is 8.78 Å². The van der Waals surface area contributed by atoms with Gasteiger partial charge in [0.1, 0.15) is 5.82 Å². The van der Waals surface area contributed by atoms with Crippen LogP contribution in [0.2, 0.25) is 20.1 Å². The van der Waals surface area contributed by atoms with Gasteiger partial charge >= 0.3 is 0 Å². The molecule has 0 saturated carbocycles. The summed E-state index contributed by atoms with van der Waals surface area (Å²) in [5.41, 5.74) is -1.82. The first kappa shape index (κ1) is 20.1. The molecule has 0 saturated heterocycles. The lowest BCUT2D eigenvalue weighted by molar-refractivity contribution is 0.0972. The van der Waals surface area contributed by atoms with Crippen molar-refractivity contribution in [3.05, 3.63) is 90.4 Å².